The van der Waals surface area contributed by atoms with Gasteiger partial charge < -0.3 is 9.72 Å². The molecule has 0 aliphatic heterocycles. The quantitative estimate of drug-likeness (QED) is 0.587. The van der Waals surface area contributed by atoms with E-state index >= 15 is 0 Å². The highest BCUT2D eigenvalue weighted by Gasteiger charge is 2.13. The van der Waals surface area contributed by atoms with Crippen LogP contribution in [0.5, 0.6) is 0 Å². The fourth-order valence-corrected chi connectivity index (χ4v) is 3.01. The van der Waals surface area contributed by atoms with Gasteiger partial charge in [0.25, 0.3) is 5.91 Å². The molecule has 9 heteroatoms. The molecule has 0 saturated carbocycles. The summed E-state index contributed by atoms with van der Waals surface area (Å²) in [5.74, 6) is -0.254. The van der Waals surface area contributed by atoms with Gasteiger partial charge in [-0.3, -0.25) is 4.79 Å². The average molecular weight is 361 g/mol. The lowest BCUT2D eigenvalue weighted by Gasteiger charge is -2.03. The predicted molar refractivity (Wildman–Crippen MR) is 90.3 cm³/mol. The van der Waals surface area contributed by atoms with Crippen LogP contribution in [0.1, 0.15) is 16.1 Å². The van der Waals surface area contributed by atoms with Gasteiger partial charge in [-0.1, -0.05) is 29.3 Å². The summed E-state index contributed by atoms with van der Waals surface area (Å²) in [4.78, 5) is 16.8. The van der Waals surface area contributed by atoms with Crippen molar-refractivity contribution in [3.05, 3.63) is 58.0 Å². The highest BCUT2D eigenvalue weighted by molar-refractivity contribution is 6.36. The van der Waals surface area contributed by atoms with Crippen molar-refractivity contribution in [1.29, 1.82) is 0 Å². The number of hydrogen-bond donors (Lipinski definition) is 2. The number of aromatic amines is 1. The second kappa shape index (κ2) is 5.77. The fourth-order valence-electron chi connectivity index (χ4n) is 2.48. The van der Waals surface area contributed by atoms with Crippen LogP contribution in [0.4, 0.5) is 0 Å². The van der Waals surface area contributed by atoms with Crippen molar-refractivity contribution >= 4 is 45.8 Å². The molecule has 3 aromatic heterocycles. The van der Waals surface area contributed by atoms with Gasteiger partial charge in [0, 0.05) is 12.4 Å². The molecule has 0 atom stereocenters. The Morgan fingerprint density at radius 3 is 3.00 bits per heavy atom. The number of imidazole rings is 1. The molecule has 7 nitrogen and oxygen atoms in total. The maximum atomic E-state index is 12.4. The second-order valence-corrected chi connectivity index (χ2v) is 5.99. The molecule has 0 aliphatic rings. The Morgan fingerprint density at radius 1 is 1.25 bits per heavy atom. The largest absolute Gasteiger partial charge is 0.346 e. The molecule has 0 bridgehead atoms. The lowest BCUT2D eigenvalue weighted by molar-refractivity contribution is 0.0952. The summed E-state index contributed by atoms with van der Waals surface area (Å²) in [6, 6.07) is 6.86. The maximum absolute atomic E-state index is 12.4. The minimum atomic E-state index is -0.254. The molecule has 1 aromatic carbocycles. The third-order valence-corrected chi connectivity index (χ3v) is 4.03. The van der Waals surface area contributed by atoms with Gasteiger partial charge in [0.15, 0.2) is 5.65 Å². The third kappa shape index (κ3) is 2.57. The molecule has 0 saturated heterocycles. The molecule has 120 valence electrons. The highest BCUT2D eigenvalue weighted by Crippen LogP contribution is 2.21. The summed E-state index contributed by atoms with van der Waals surface area (Å²) >= 11 is 12.1. The van der Waals surface area contributed by atoms with Crippen molar-refractivity contribution in [3.8, 4) is 0 Å². The SMILES string of the molecule is O=C(NCc1cn2cc(Cl)cc(Cl)c2n1)c1cccc2n[nH]nc12. The summed E-state index contributed by atoms with van der Waals surface area (Å²) in [7, 11) is 0. The molecule has 0 spiro atoms. The van der Waals surface area contributed by atoms with Crippen LogP contribution in [0.25, 0.3) is 16.7 Å². The first-order valence-electron chi connectivity index (χ1n) is 7.02. The number of para-hydroxylation sites is 1. The Labute approximate surface area is 145 Å². The number of H-pyrrole nitrogens is 1. The number of fused-ring (bicyclic) bond motifs is 2. The molecule has 2 N–H and O–H groups in total. The first-order chi connectivity index (χ1) is 11.6. The average Bonchev–Trinajstić information content (AvgIpc) is 3.18. The van der Waals surface area contributed by atoms with Gasteiger partial charge in [-0.25, -0.2) is 4.98 Å². The number of pyridine rings is 1. The monoisotopic (exact) mass is 360 g/mol. The number of nitrogens with one attached hydrogen (secondary N) is 2. The van der Waals surface area contributed by atoms with Crippen molar-refractivity contribution in [2.45, 2.75) is 6.54 Å². The van der Waals surface area contributed by atoms with Crippen LogP contribution in [0.15, 0.2) is 36.7 Å². The van der Waals surface area contributed by atoms with E-state index in [0.29, 0.717) is 38.0 Å². The zero-order valence-corrected chi connectivity index (χ0v) is 13.6. The Balaban J connectivity index is 1.57. The van der Waals surface area contributed by atoms with E-state index in [-0.39, 0.29) is 12.5 Å². The minimum absolute atomic E-state index is 0.253. The summed E-state index contributed by atoms with van der Waals surface area (Å²) in [6.07, 6.45) is 3.47. The zero-order valence-electron chi connectivity index (χ0n) is 12.1. The third-order valence-electron chi connectivity index (χ3n) is 3.54. The molecular weight excluding hydrogens is 351 g/mol. The number of carbonyl (C=O) groups is 1. The van der Waals surface area contributed by atoms with E-state index in [4.69, 9.17) is 23.2 Å². The van der Waals surface area contributed by atoms with Gasteiger partial charge >= 0.3 is 0 Å². The standard InChI is InChI=1S/C15H10Cl2N6O/c16-8-4-11(17)14-19-9(7-23(14)6-8)5-18-15(24)10-2-1-3-12-13(10)21-22-20-12/h1-4,6-7H,5H2,(H,18,24)(H,20,21,22). The van der Waals surface area contributed by atoms with Gasteiger partial charge in [-0.2, -0.15) is 15.4 Å². The highest BCUT2D eigenvalue weighted by atomic mass is 35.5. The Bertz CT molecular complexity index is 1070. The second-order valence-electron chi connectivity index (χ2n) is 5.15. The molecule has 3 heterocycles. The van der Waals surface area contributed by atoms with E-state index in [9.17, 15) is 4.79 Å². The Hall–Kier alpha value is -2.64. The molecule has 1 amide bonds. The van der Waals surface area contributed by atoms with Crippen molar-refractivity contribution in [2.75, 3.05) is 0 Å². The summed E-state index contributed by atoms with van der Waals surface area (Å²) < 4.78 is 1.73. The van der Waals surface area contributed by atoms with Crippen LogP contribution in [0, 0.1) is 0 Å². The van der Waals surface area contributed by atoms with Crippen LogP contribution in [0.2, 0.25) is 10.0 Å². The molecule has 0 unspecified atom stereocenters. The van der Waals surface area contributed by atoms with E-state index < -0.39 is 0 Å². The van der Waals surface area contributed by atoms with Crippen molar-refractivity contribution in [2.24, 2.45) is 0 Å². The van der Waals surface area contributed by atoms with E-state index in [2.05, 4.69) is 25.7 Å². The van der Waals surface area contributed by atoms with Gasteiger partial charge in [0.1, 0.15) is 11.0 Å². The summed E-state index contributed by atoms with van der Waals surface area (Å²) in [5.41, 5.74) is 2.87. The fraction of sp³-hybridized carbons (Fsp3) is 0.0667. The maximum Gasteiger partial charge on any atom is 0.253 e. The van der Waals surface area contributed by atoms with Crippen molar-refractivity contribution < 1.29 is 4.79 Å². The van der Waals surface area contributed by atoms with E-state index in [0.717, 1.165) is 0 Å². The number of hydrogen-bond acceptors (Lipinski definition) is 4. The lowest BCUT2D eigenvalue weighted by atomic mass is 10.1. The Morgan fingerprint density at radius 2 is 2.12 bits per heavy atom. The van der Waals surface area contributed by atoms with Gasteiger partial charge in [-0.05, 0) is 18.2 Å². The van der Waals surface area contributed by atoms with Gasteiger partial charge in [0.2, 0.25) is 0 Å². The van der Waals surface area contributed by atoms with Crippen LogP contribution in [-0.4, -0.2) is 30.7 Å². The topological polar surface area (TPSA) is 88.0 Å². The molecular formula is C15H10Cl2N6O. The smallest absolute Gasteiger partial charge is 0.253 e. The lowest BCUT2D eigenvalue weighted by Crippen LogP contribution is -2.23. The van der Waals surface area contributed by atoms with Gasteiger partial charge in [-0.15, -0.1) is 0 Å². The number of carbonyl (C=O) groups excluding carboxylic acids is 1. The number of halogens is 2. The van der Waals surface area contributed by atoms with Crippen LogP contribution < -0.4 is 5.32 Å². The van der Waals surface area contributed by atoms with Crippen molar-refractivity contribution in [1.82, 2.24) is 30.1 Å². The number of rotatable bonds is 3. The summed E-state index contributed by atoms with van der Waals surface area (Å²) in [6.45, 7) is 0.253. The van der Waals surface area contributed by atoms with Crippen LogP contribution >= 0.6 is 23.2 Å². The van der Waals surface area contributed by atoms with E-state index in [1.54, 1.807) is 41.1 Å². The van der Waals surface area contributed by atoms with E-state index in [1.165, 1.54) is 0 Å². The number of amides is 1. The molecule has 4 rings (SSSR count). The van der Waals surface area contributed by atoms with Crippen LogP contribution in [-0.2, 0) is 6.54 Å². The first-order valence-corrected chi connectivity index (χ1v) is 7.78. The minimum Gasteiger partial charge on any atom is -0.346 e. The normalized spacial score (nSPS) is 11.2. The molecule has 24 heavy (non-hydrogen) atoms. The first kappa shape index (κ1) is 14.9. The molecule has 0 radical (unpaired) electrons. The number of benzene rings is 1. The number of aromatic nitrogens is 5. The molecule has 0 fully saturated rings. The zero-order chi connectivity index (χ0) is 16.7. The van der Waals surface area contributed by atoms with E-state index in [1.807, 2.05) is 0 Å². The molecule has 0 aliphatic carbocycles. The van der Waals surface area contributed by atoms with Gasteiger partial charge in [0.05, 0.1) is 27.8 Å². The predicted octanol–water partition coefficient (Wildman–Crippen LogP) is 2.84. The number of nitrogens with zero attached hydrogens (tertiary/aromatic N) is 4. The van der Waals surface area contributed by atoms with Crippen LogP contribution in [0.3, 0.4) is 0 Å². The summed E-state index contributed by atoms with van der Waals surface area (Å²) in [5, 5.41) is 14.3. The Kier molecular flexibility index (Phi) is 3.59. The molecule has 4 aromatic rings. The van der Waals surface area contributed by atoms with Crippen molar-refractivity contribution in [3.63, 3.8) is 0 Å².